The van der Waals surface area contributed by atoms with E-state index in [1.165, 1.54) is 6.07 Å². The molecule has 16 heavy (non-hydrogen) atoms. The largest absolute Gasteiger partial charge is 0.324 e. The Balaban J connectivity index is 2.59. The molecule has 0 aromatic heterocycles. The average Bonchev–Trinajstić information content (AvgIpc) is 2.34. The molecular weight excluding hydrogens is 208 g/mol. The zero-order valence-electron chi connectivity index (χ0n) is 9.69. The van der Waals surface area contributed by atoms with Gasteiger partial charge >= 0.3 is 0 Å². The predicted molar refractivity (Wildman–Crippen MR) is 60.1 cm³/mol. The molecule has 2 unspecified atom stereocenters. The van der Waals surface area contributed by atoms with Gasteiger partial charge in [-0.1, -0.05) is 6.92 Å². The van der Waals surface area contributed by atoms with E-state index in [-0.39, 0.29) is 17.7 Å². The zero-order valence-corrected chi connectivity index (χ0v) is 9.69. The molecule has 0 saturated heterocycles. The van der Waals surface area contributed by atoms with Gasteiger partial charge in [-0.3, -0.25) is 0 Å². The van der Waals surface area contributed by atoms with Crippen LogP contribution in [-0.2, 0) is 6.42 Å². The third-order valence-corrected chi connectivity index (χ3v) is 3.45. The topological polar surface area (TPSA) is 26.0 Å². The van der Waals surface area contributed by atoms with Crippen molar-refractivity contribution in [3.8, 4) is 0 Å². The molecule has 0 heterocycles. The highest BCUT2D eigenvalue weighted by Gasteiger charge is 2.26. The molecule has 1 aromatic rings. The van der Waals surface area contributed by atoms with E-state index in [1.807, 2.05) is 0 Å². The van der Waals surface area contributed by atoms with E-state index in [0.717, 1.165) is 12.8 Å². The summed E-state index contributed by atoms with van der Waals surface area (Å²) in [5.74, 6) is -0.210. The zero-order chi connectivity index (χ0) is 11.9. The normalized spacial score (nSPS) is 25.1. The second-order valence-electron chi connectivity index (χ2n) is 4.87. The van der Waals surface area contributed by atoms with Crippen LogP contribution in [0, 0.1) is 24.5 Å². The summed E-state index contributed by atoms with van der Waals surface area (Å²) in [6.07, 6.45) is 2.19. The van der Waals surface area contributed by atoms with E-state index < -0.39 is 0 Å². The molecule has 0 bridgehead atoms. The van der Waals surface area contributed by atoms with Crippen LogP contribution in [-0.4, -0.2) is 0 Å². The molecule has 1 aromatic carbocycles. The minimum absolute atomic E-state index is 0.307. The molecule has 0 saturated carbocycles. The van der Waals surface area contributed by atoms with Gasteiger partial charge in [0.1, 0.15) is 11.6 Å². The maximum Gasteiger partial charge on any atom is 0.131 e. The summed E-state index contributed by atoms with van der Waals surface area (Å²) in [5, 5.41) is 0. The first-order valence-electron chi connectivity index (χ1n) is 5.73. The highest BCUT2D eigenvalue weighted by molar-refractivity contribution is 5.37. The lowest BCUT2D eigenvalue weighted by Crippen LogP contribution is -2.16. The summed E-state index contributed by atoms with van der Waals surface area (Å²) in [5.41, 5.74) is 7.21. The maximum absolute atomic E-state index is 14.0. The smallest absolute Gasteiger partial charge is 0.131 e. The van der Waals surface area contributed by atoms with E-state index in [1.54, 1.807) is 6.92 Å². The van der Waals surface area contributed by atoms with Crippen LogP contribution in [0.1, 0.15) is 42.5 Å². The van der Waals surface area contributed by atoms with Crippen molar-refractivity contribution in [1.29, 1.82) is 0 Å². The van der Waals surface area contributed by atoms with Crippen molar-refractivity contribution in [2.45, 2.75) is 39.2 Å². The van der Waals surface area contributed by atoms with Crippen LogP contribution in [0.3, 0.4) is 0 Å². The second kappa shape index (κ2) is 4.13. The third kappa shape index (κ3) is 1.84. The molecule has 2 rings (SSSR count). The molecule has 0 amide bonds. The van der Waals surface area contributed by atoms with Crippen molar-refractivity contribution in [3.05, 3.63) is 34.4 Å². The lowest BCUT2D eigenvalue weighted by atomic mass is 9.95. The molecule has 0 radical (unpaired) electrons. The first kappa shape index (κ1) is 11.5. The molecule has 1 aliphatic carbocycles. The van der Waals surface area contributed by atoms with Crippen molar-refractivity contribution in [2.75, 3.05) is 0 Å². The van der Waals surface area contributed by atoms with Gasteiger partial charge in [-0.15, -0.1) is 0 Å². The van der Waals surface area contributed by atoms with Crippen LogP contribution < -0.4 is 5.73 Å². The van der Waals surface area contributed by atoms with Crippen molar-refractivity contribution < 1.29 is 8.78 Å². The van der Waals surface area contributed by atoms with Gasteiger partial charge in [0.2, 0.25) is 0 Å². The standard InChI is InChI=1S/C13H17F2N/c1-7-3-4-9-10(14)6-8(2)13(15)12(9)11(16)5-7/h6-7,11H,3-5,16H2,1-2H3. The Hall–Kier alpha value is -0.960. The van der Waals surface area contributed by atoms with Gasteiger partial charge in [-0.05, 0) is 49.3 Å². The van der Waals surface area contributed by atoms with Gasteiger partial charge in [0.25, 0.3) is 0 Å². The van der Waals surface area contributed by atoms with Crippen molar-refractivity contribution in [1.82, 2.24) is 0 Å². The van der Waals surface area contributed by atoms with Crippen LogP contribution >= 0.6 is 0 Å². The first-order valence-corrected chi connectivity index (χ1v) is 5.73. The van der Waals surface area contributed by atoms with E-state index in [2.05, 4.69) is 6.92 Å². The Morgan fingerprint density at radius 3 is 2.75 bits per heavy atom. The second-order valence-corrected chi connectivity index (χ2v) is 4.87. The fourth-order valence-electron chi connectivity index (χ4n) is 2.51. The first-order chi connectivity index (χ1) is 7.50. The molecule has 2 N–H and O–H groups in total. The van der Waals surface area contributed by atoms with Crippen LogP contribution in [0.15, 0.2) is 6.07 Å². The molecule has 2 atom stereocenters. The Labute approximate surface area is 94.7 Å². The summed E-state index contributed by atoms with van der Waals surface area (Å²) in [6, 6.07) is 0.901. The average molecular weight is 225 g/mol. The highest BCUT2D eigenvalue weighted by atomic mass is 19.1. The van der Waals surface area contributed by atoms with Crippen molar-refractivity contribution >= 4 is 0 Å². The molecule has 1 aliphatic rings. The molecule has 0 fully saturated rings. The number of halogens is 2. The Kier molecular flexibility index (Phi) is 2.98. The summed E-state index contributed by atoms with van der Waals surface area (Å²) < 4.78 is 27.7. The highest BCUT2D eigenvalue weighted by Crippen LogP contribution is 2.34. The van der Waals surface area contributed by atoms with Crippen molar-refractivity contribution in [2.24, 2.45) is 11.7 Å². The van der Waals surface area contributed by atoms with E-state index in [0.29, 0.717) is 29.0 Å². The molecule has 88 valence electrons. The number of aryl methyl sites for hydroxylation is 1. The van der Waals surface area contributed by atoms with Gasteiger partial charge in [-0.2, -0.15) is 0 Å². The van der Waals surface area contributed by atoms with E-state index in [9.17, 15) is 8.78 Å². The molecule has 3 heteroatoms. The van der Waals surface area contributed by atoms with Gasteiger partial charge in [0.05, 0.1) is 0 Å². The lowest BCUT2D eigenvalue weighted by molar-refractivity contribution is 0.456. The van der Waals surface area contributed by atoms with E-state index in [4.69, 9.17) is 5.73 Å². The minimum Gasteiger partial charge on any atom is -0.324 e. The van der Waals surface area contributed by atoms with Crippen molar-refractivity contribution in [3.63, 3.8) is 0 Å². The van der Waals surface area contributed by atoms with Gasteiger partial charge < -0.3 is 5.73 Å². The van der Waals surface area contributed by atoms with Gasteiger partial charge in [0, 0.05) is 11.6 Å². The third-order valence-electron chi connectivity index (χ3n) is 3.45. The van der Waals surface area contributed by atoms with Crippen LogP contribution in [0.25, 0.3) is 0 Å². The summed E-state index contributed by atoms with van der Waals surface area (Å²) >= 11 is 0. The minimum atomic E-state index is -0.373. The van der Waals surface area contributed by atoms with Gasteiger partial charge in [-0.25, -0.2) is 8.78 Å². The predicted octanol–water partition coefficient (Wildman–Crippen LogP) is 3.25. The fourth-order valence-corrected chi connectivity index (χ4v) is 2.51. The molecule has 0 spiro atoms. The lowest BCUT2D eigenvalue weighted by Gasteiger charge is -2.16. The summed E-state index contributed by atoms with van der Waals surface area (Å²) in [7, 11) is 0. The number of nitrogens with two attached hydrogens (primary N) is 1. The SMILES string of the molecule is Cc1cc(F)c2c(c1F)C(N)CC(C)CC2. The van der Waals surface area contributed by atoms with Crippen LogP contribution in [0.5, 0.6) is 0 Å². The Morgan fingerprint density at radius 1 is 1.38 bits per heavy atom. The van der Waals surface area contributed by atoms with Crippen LogP contribution in [0.4, 0.5) is 8.78 Å². The number of benzene rings is 1. The number of rotatable bonds is 0. The quantitative estimate of drug-likeness (QED) is 0.674. The monoisotopic (exact) mass is 225 g/mol. The molecular formula is C13H17F2N. The van der Waals surface area contributed by atoms with Crippen LogP contribution in [0.2, 0.25) is 0 Å². The number of hydrogen-bond donors (Lipinski definition) is 1. The fraction of sp³-hybridized carbons (Fsp3) is 0.538. The molecule has 0 aliphatic heterocycles. The van der Waals surface area contributed by atoms with Gasteiger partial charge in [0.15, 0.2) is 0 Å². The number of hydrogen-bond acceptors (Lipinski definition) is 1. The maximum atomic E-state index is 14.0. The number of fused-ring (bicyclic) bond motifs is 1. The van der Waals surface area contributed by atoms with E-state index >= 15 is 0 Å². The Bertz CT molecular complexity index is 415. The summed E-state index contributed by atoms with van der Waals surface area (Å²) in [6.45, 7) is 3.66. The Morgan fingerprint density at radius 2 is 2.06 bits per heavy atom. The molecule has 1 nitrogen and oxygen atoms in total. The summed E-state index contributed by atoms with van der Waals surface area (Å²) in [4.78, 5) is 0.